The molecule has 0 aliphatic rings. The third-order valence-electron chi connectivity index (χ3n) is 4.35. The van der Waals surface area contributed by atoms with E-state index in [4.69, 9.17) is 4.52 Å². The molecular weight excluding hydrogens is 354 g/mol. The van der Waals surface area contributed by atoms with Crippen molar-refractivity contribution < 1.29 is 9.32 Å². The van der Waals surface area contributed by atoms with Gasteiger partial charge in [-0.15, -0.1) is 0 Å². The summed E-state index contributed by atoms with van der Waals surface area (Å²) in [5, 5.41) is 6.85. The number of benzene rings is 1. The minimum atomic E-state index is -0.0134. The van der Waals surface area contributed by atoms with E-state index in [1.165, 1.54) is 11.3 Å². The summed E-state index contributed by atoms with van der Waals surface area (Å²) in [5.41, 5.74) is 3.11. The number of pyridine rings is 1. The zero-order chi connectivity index (χ0) is 19.8. The van der Waals surface area contributed by atoms with Crippen molar-refractivity contribution in [3.63, 3.8) is 0 Å². The summed E-state index contributed by atoms with van der Waals surface area (Å²) in [6.07, 6.45) is 4.25. The van der Waals surface area contributed by atoms with E-state index >= 15 is 0 Å². The first-order valence-corrected chi connectivity index (χ1v) is 9.39. The number of rotatable bonds is 9. The van der Waals surface area contributed by atoms with Crippen LogP contribution in [0, 0.1) is 0 Å². The Bertz CT molecular complexity index is 875. The first-order valence-electron chi connectivity index (χ1n) is 9.39. The van der Waals surface area contributed by atoms with Gasteiger partial charge in [-0.25, -0.2) is 0 Å². The summed E-state index contributed by atoms with van der Waals surface area (Å²) in [5.74, 6) is 0.869. The quantitative estimate of drug-likeness (QED) is 0.576. The van der Waals surface area contributed by atoms with Crippen molar-refractivity contribution in [2.24, 2.45) is 0 Å². The lowest BCUT2D eigenvalue weighted by Crippen LogP contribution is -2.25. The van der Waals surface area contributed by atoms with Gasteiger partial charge in [0.15, 0.2) is 0 Å². The molecule has 0 fully saturated rings. The molecule has 2 heterocycles. The first kappa shape index (κ1) is 19.5. The molecule has 0 spiro atoms. The second-order valence-electron chi connectivity index (χ2n) is 6.74. The van der Waals surface area contributed by atoms with Crippen molar-refractivity contribution in [3.8, 4) is 11.5 Å². The molecule has 1 amide bonds. The molecule has 0 bridgehead atoms. The van der Waals surface area contributed by atoms with E-state index in [1.807, 2.05) is 32.3 Å². The predicted octanol–water partition coefficient (Wildman–Crippen LogP) is 2.88. The molecule has 146 valence electrons. The van der Waals surface area contributed by atoms with Crippen LogP contribution in [0.3, 0.4) is 0 Å². The Balaban J connectivity index is 1.35. The summed E-state index contributed by atoms with van der Waals surface area (Å²) in [7, 11) is 4.05. The molecule has 1 aromatic carbocycles. The Labute approximate surface area is 164 Å². The van der Waals surface area contributed by atoms with Crippen molar-refractivity contribution >= 4 is 11.6 Å². The number of hydrogen-bond acceptors (Lipinski definition) is 6. The summed E-state index contributed by atoms with van der Waals surface area (Å²) in [4.78, 5) is 22.5. The second kappa shape index (κ2) is 9.64. The molecule has 1 N–H and O–H groups in total. The molecule has 7 nitrogen and oxygen atoms in total. The lowest BCUT2D eigenvalue weighted by Gasteiger charge is -2.12. The van der Waals surface area contributed by atoms with Gasteiger partial charge in [0.1, 0.15) is 5.69 Å². The Morgan fingerprint density at radius 1 is 1.11 bits per heavy atom. The van der Waals surface area contributed by atoms with Crippen LogP contribution in [0.4, 0.5) is 5.69 Å². The maximum Gasteiger partial charge on any atom is 0.227 e. The van der Waals surface area contributed by atoms with Gasteiger partial charge in [0.2, 0.25) is 17.6 Å². The number of hydrogen-bond donors (Lipinski definition) is 1. The molecule has 0 aliphatic carbocycles. The minimum absolute atomic E-state index is 0.0134. The first-order chi connectivity index (χ1) is 13.6. The maximum atomic E-state index is 12.0. The topological polar surface area (TPSA) is 84.2 Å². The molecule has 7 heteroatoms. The van der Waals surface area contributed by atoms with Gasteiger partial charge in [0, 0.05) is 45.4 Å². The van der Waals surface area contributed by atoms with Crippen LogP contribution in [-0.2, 0) is 17.6 Å². The number of anilines is 1. The Hall–Kier alpha value is -3.22. The molecule has 28 heavy (non-hydrogen) atoms. The average molecular weight is 379 g/mol. The number of aryl methyl sites for hydroxylation is 2. The molecule has 3 rings (SSSR count). The van der Waals surface area contributed by atoms with Gasteiger partial charge >= 0.3 is 0 Å². The maximum absolute atomic E-state index is 12.0. The predicted molar refractivity (Wildman–Crippen MR) is 108 cm³/mol. The van der Waals surface area contributed by atoms with Crippen LogP contribution in [0.25, 0.3) is 11.5 Å². The third kappa shape index (κ3) is 5.64. The van der Waals surface area contributed by atoms with Gasteiger partial charge in [-0.05, 0) is 42.7 Å². The SMILES string of the molecule is CN(C)c1ccc(CCCNC(=O)CCc2nc(-c3ccccn3)no2)cc1. The summed E-state index contributed by atoms with van der Waals surface area (Å²) >= 11 is 0. The van der Waals surface area contributed by atoms with E-state index in [0.29, 0.717) is 36.8 Å². The number of amides is 1. The number of carbonyl (C=O) groups is 1. The zero-order valence-electron chi connectivity index (χ0n) is 16.3. The Morgan fingerprint density at radius 3 is 2.64 bits per heavy atom. The lowest BCUT2D eigenvalue weighted by atomic mass is 10.1. The van der Waals surface area contributed by atoms with E-state index in [2.05, 4.69) is 49.6 Å². The molecule has 0 radical (unpaired) electrons. The van der Waals surface area contributed by atoms with Crippen LogP contribution in [0.15, 0.2) is 53.2 Å². The molecule has 0 aliphatic heterocycles. The summed E-state index contributed by atoms with van der Waals surface area (Å²) < 4.78 is 5.19. The minimum Gasteiger partial charge on any atom is -0.378 e. The van der Waals surface area contributed by atoms with E-state index in [0.717, 1.165) is 12.8 Å². The van der Waals surface area contributed by atoms with Crippen molar-refractivity contribution in [1.82, 2.24) is 20.4 Å². The molecule has 3 aromatic rings. The third-order valence-corrected chi connectivity index (χ3v) is 4.35. The molecule has 0 saturated heterocycles. The van der Waals surface area contributed by atoms with Gasteiger partial charge < -0.3 is 14.7 Å². The van der Waals surface area contributed by atoms with Crippen molar-refractivity contribution in [3.05, 3.63) is 60.1 Å². The number of nitrogens with one attached hydrogen (secondary N) is 1. The van der Waals surface area contributed by atoms with E-state index in [9.17, 15) is 4.79 Å². The highest BCUT2D eigenvalue weighted by Gasteiger charge is 2.11. The second-order valence-corrected chi connectivity index (χ2v) is 6.74. The fourth-order valence-corrected chi connectivity index (χ4v) is 2.75. The number of aromatic nitrogens is 3. The van der Waals surface area contributed by atoms with Gasteiger partial charge in [0.05, 0.1) is 0 Å². The highest BCUT2D eigenvalue weighted by atomic mass is 16.5. The molecule has 2 aromatic heterocycles. The van der Waals surface area contributed by atoms with Crippen LogP contribution in [0.5, 0.6) is 0 Å². The number of nitrogens with zero attached hydrogens (tertiary/aromatic N) is 4. The summed E-state index contributed by atoms with van der Waals surface area (Å²) in [6, 6.07) is 14.0. The van der Waals surface area contributed by atoms with Crippen molar-refractivity contribution in [2.75, 3.05) is 25.5 Å². The molecular formula is C21H25N5O2. The smallest absolute Gasteiger partial charge is 0.227 e. The van der Waals surface area contributed by atoms with Gasteiger partial charge in [-0.1, -0.05) is 23.4 Å². The Kier molecular flexibility index (Phi) is 6.73. The Morgan fingerprint density at radius 2 is 1.93 bits per heavy atom. The molecule has 0 saturated carbocycles. The molecule has 0 unspecified atom stereocenters. The number of carbonyl (C=O) groups excluding carboxylic acids is 1. The fourth-order valence-electron chi connectivity index (χ4n) is 2.75. The van der Waals surface area contributed by atoms with Gasteiger partial charge in [-0.2, -0.15) is 4.98 Å². The highest BCUT2D eigenvalue weighted by Crippen LogP contribution is 2.14. The highest BCUT2D eigenvalue weighted by molar-refractivity contribution is 5.75. The van der Waals surface area contributed by atoms with Crippen molar-refractivity contribution in [2.45, 2.75) is 25.7 Å². The van der Waals surface area contributed by atoms with Crippen molar-refractivity contribution in [1.29, 1.82) is 0 Å². The lowest BCUT2D eigenvalue weighted by molar-refractivity contribution is -0.121. The van der Waals surface area contributed by atoms with Gasteiger partial charge in [0.25, 0.3) is 0 Å². The normalized spacial score (nSPS) is 10.6. The van der Waals surface area contributed by atoms with Gasteiger partial charge in [-0.3, -0.25) is 9.78 Å². The van der Waals surface area contributed by atoms with E-state index in [1.54, 1.807) is 6.20 Å². The monoisotopic (exact) mass is 379 g/mol. The van der Waals surface area contributed by atoms with E-state index < -0.39 is 0 Å². The summed E-state index contributed by atoms with van der Waals surface area (Å²) in [6.45, 7) is 0.650. The fraction of sp³-hybridized carbons (Fsp3) is 0.333. The largest absolute Gasteiger partial charge is 0.378 e. The van der Waals surface area contributed by atoms with Crippen LogP contribution in [0.2, 0.25) is 0 Å². The van der Waals surface area contributed by atoms with Crippen LogP contribution >= 0.6 is 0 Å². The van der Waals surface area contributed by atoms with E-state index in [-0.39, 0.29) is 5.91 Å². The molecule has 0 atom stereocenters. The average Bonchev–Trinajstić information content (AvgIpc) is 3.20. The standard InChI is InChI=1S/C21H25N5O2/c1-26(2)17-10-8-16(9-11-17)6-5-15-23-19(27)12-13-20-24-21(25-28-20)18-7-3-4-14-22-18/h3-4,7-11,14H,5-6,12-13,15H2,1-2H3,(H,23,27). The van der Waals surface area contributed by atoms with Crippen LogP contribution in [-0.4, -0.2) is 41.7 Å². The van der Waals surface area contributed by atoms with Crippen LogP contribution in [0.1, 0.15) is 24.3 Å². The van der Waals surface area contributed by atoms with Crippen LogP contribution < -0.4 is 10.2 Å². The zero-order valence-corrected chi connectivity index (χ0v) is 16.3.